The molecule has 0 bridgehead atoms. The minimum Gasteiger partial charge on any atom is -0.372 e. The molecule has 1 aliphatic heterocycles. The molecule has 0 saturated carbocycles. The zero-order valence-electron chi connectivity index (χ0n) is 9.94. The molecule has 94 valence electrons. The summed E-state index contributed by atoms with van der Waals surface area (Å²) >= 11 is 7.48. The largest absolute Gasteiger partial charge is 0.372 e. The highest BCUT2D eigenvalue weighted by Crippen LogP contribution is 2.43. The van der Waals surface area contributed by atoms with Gasteiger partial charge in [0.1, 0.15) is 11.6 Å². The van der Waals surface area contributed by atoms with Crippen LogP contribution in [0.15, 0.2) is 10.7 Å². The standard InChI is InChI=1S/C11H16BrN3S2/c1-3-8-9(17-5-4-16-8)11-14-6-7(12)10(13-2)15-11/h6,8-9H,3-5H2,1-2H3,(H,13,14,15). The van der Waals surface area contributed by atoms with Crippen LogP contribution in [0, 0.1) is 0 Å². The molecule has 2 rings (SSSR count). The van der Waals surface area contributed by atoms with Gasteiger partial charge in [-0.2, -0.15) is 11.8 Å². The Hall–Kier alpha value is 0.0600. The highest BCUT2D eigenvalue weighted by atomic mass is 79.9. The number of hydrogen-bond donors (Lipinski definition) is 1. The van der Waals surface area contributed by atoms with Crippen LogP contribution in [0.1, 0.15) is 24.4 Å². The monoisotopic (exact) mass is 333 g/mol. The van der Waals surface area contributed by atoms with Gasteiger partial charge in [0.05, 0.1) is 9.72 Å². The topological polar surface area (TPSA) is 37.8 Å². The van der Waals surface area contributed by atoms with E-state index in [0.29, 0.717) is 10.5 Å². The number of aromatic nitrogens is 2. The van der Waals surface area contributed by atoms with E-state index in [1.54, 1.807) is 0 Å². The van der Waals surface area contributed by atoms with Gasteiger partial charge in [-0.05, 0) is 22.4 Å². The molecule has 0 radical (unpaired) electrons. The Balaban J connectivity index is 2.25. The molecule has 2 unspecified atom stereocenters. The predicted molar refractivity (Wildman–Crippen MR) is 81.0 cm³/mol. The van der Waals surface area contributed by atoms with Crippen LogP contribution in [0.4, 0.5) is 5.82 Å². The van der Waals surface area contributed by atoms with Crippen molar-refractivity contribution < 1.29 is 0 Å². The summed E-state index contributed by atoms with van der Waals surface area (Å²) in [6, 6.07) is 0. The van der Waals surface area contributed by atoms with Gasteiger partial charge in [-0.15, -0.1) is 11.8 Å². The Bertz CT molecular complexity index is 389. The van der Waals surface area contributed by atoms with Crippen molar-refractivity contribution in [2.75, 3.05) is 23.9 Å². The smallest absolute Gasteiger partial charge is 0.144 e. The zero-order valence-corrected chi connectivity index (χ0v) is 13.2. The molecule has 1 aromatic heterocycles. The highest BCUT2D eigenvalue weighted by molar-refractivity contribution is 9.10. The number of nitrogens with one attached hydrogen (secondary N) is 1. The number of nitrogens with zero attached hydrogens (tertiary/aromatic N) is 2. The number of rotatable bonds is 3. The van der Waals surface area contributed by atoms with Crippen molar-refractivity contribution >= 4 is 45.3 Å². The Kier molecular flexibility index (Phi) is 4.99. The van der Waals surface area contributed by atoms with Crippen molar-refractivity contribution in [1.29, 1.82) is 0 Å². The van der Waals surface area contributed by atoms with Crippen molar-refractivity contribution in [3.05, 3.63) is 16.5 Å². The third-order valence-electron chi connectivity index (χ3n) is 2.71. The number of thioether (sulfide) groups is 2. The van der Waals surface area contributed by atoms with Crippen LogP contribution < -0.4 is 5.32 Å². The quantitative estimate of drug-likeness (QED) is 0.915. The maximum atomic E-state index is 4.61. The van der Waals surface area contributed by atoms with Gasteiger partial charge >= 0.3 is 0 Å². The average Bonchev–Trinajstić information content (AvgIpc) is 2.39. The minimum absolute atomic E-state index is 0.430. The lowest BCUT2D eigenvalue weighted by Crippen LogP contribution is -2.20. The molecule has 0 aliphatic carbocycles. The van der Waals surface area contributed by atoms with Gasteiger partial charge in [-0.1, -0.05) is 6.92 Å². The third-order valence-corrected chi connectivity index (χ3v) is 6.53. The van der Waals surface area contributed by atoms with Crippen LogP contribution in [0.5, 0.6) is 0 Å². The summed E-state index contributed by atoms with van der Waals surface area (Å²) in [5.74, 6) is 4.28. The first-order valence-electron chi connectivity index (χ1n) is 5.69. The van der Waals surface area contributed by atoms with Crippen molar-refractivity contribution in [2.45, 2.75) is 23.8 Å². The van der Waals surface area contributed by atoms with Gasteiger partial charge in [-0.25, -0.2) is 9.97 Å². The summed E-state index contributed by atoms with van der Waals surface area (Å²) in [4.78, 5) is 9.09. The fourth-order valence-corrected chi connectivity index (χ4v) is 5.22. The summed E-state index contributed by atoms with van der Waals surface area (Å²) in [5.41, 5.74) is 0. The number of halogens is 1. The molecule has 3 nitrogen and oxygen atoms in total. The fourth-order valence-electron chi connectivity index (χ4n) is 1.84. The van der Waals surface area contributed by atoms with Crippen LogP contribution in [-0.2, 0) is 0 Å². The lowest BCUT2D eigenvalue weighted by Gasteiger charge is -2.28. The normalized spacial score (nSPS) is 24.6. The van der Waals surface area contributed by atoms with Crippen LogP contribution >= 0.6 is 39.5 Å². The molecule has 1 aromatic rings. The minimum atomic E-state index is 0.430. The summed E-state index contributed by atoms with van der Waals surface area (Å²) < 4.78 is 0.922. The molecule has 0 aromatic carbocycles. The Morgan fingerprint density at radius 3 is 2.94 bits per heavy atom. The Labute approximate surface area is 119 Å². The van der Waals surface area contributed by atoms with Crippen LogP contribution in [-0.4, -0.2) is 33.8 Å². The average molecular weight is 334 g/mol. The van der Waals surface area contributed by atoms with E-state index in [4.69, 9.17) is 0 Å². The van der Waals surface area contributed by atoms with E-state index in [0.717, 1.165) is 16.1 Å². The van der Waals surface area contributed by atoms with E-state index >= 15 is 0 Å². The van der Waals surface area contributed by atoms with Gasteiger partial charge < -0.3 is 5.32 Å². The van der Waals surface area contributed by atoms with Crippen LogP contribution in [0.2, 0.25) is 0 Å². The van der Waals surface area contributed by atoms with Crippen LogP contribution in [0.25, 0.3) is 0 Å². The summed E-state index contributed by atoms with van der Waals surface area (Å²) in [6.07, 6.45) is 3.03. The maximum absolute atomic E-state index is 4.61. The Morgan fingerprint density at radius 1 is 1.47 bits per heavy atom. The van der Waals surface area contributed by atoms with E-state index in [9.17, 15) is 0 Å². The number of anilines is 1. The van der Waals surface area contributed by atoms with Gasteiger partial charge in [-0.3, -0.25) is 0 Å². The highest BCUT2D eigenvalue weighted by Gasteiger charge is 2.28. The van der Waals surface area contributed by atoms with Crippen molar-refractivity contribution in [1.82, 2.24) is 9.97 Å². The summed E-state index contributed by atoms with van der Waals surface area (Å²) in [7, 11) is 1.89. The first-order valence-corrected chi connectivity index (χ1v) is 8.58. The zero-order chi connectivity index (χ0) is 12.3. The lowest BCUT2D eigenvalue weighted by atomic mass is 10.2. The molecule has 1 fully saturated rings. The molecule has 1 aliphatic rings. The number of hydrogen-bond acceptors (Lipinski definition) is 5. The molecular formula is C11H16BrN3S2. The van der Waals surface area contributed by atoms with Crippen molar-refractivity contribution in [2.24, 2.45) is 0 Å². The SMILES string of the molecule is CCC1SCCSC1c1ncc(Br)c(NC)n1. The molecular weight excluding hydrogens is 318 g/mol. The van der Waals surface area contributed by atoms with Crippen molar-refractivity contribution in [3.8, 4) is 0 Å². The lowest BCUT2D eigenvalue weighted by molar-refractivity contribution is 0.749. The predicted octanol–water partition coefficient (Wildman–Crippen LogP) is 3.58. The van der Waals surface area contributed by atoms with Crippen molar-refractivity contribution in [3.63, 3.8) is 0 Å². The molecule has 2 heterocycles. The van der Waals surface area contributed by atoms with E-state index < -0.39 is 0 Å². The molecule has 1 N–H and O–H groups in total. The second-order valence-electron chi connectivity index (χ2n) is 3.78. The summed E-state index contributed by atoms with van der Waals surface area (Å²) in [6.45, 7) is 2.24. The van der Waals surface area contributed by atoms with Gasteiger partial charge in [0.2, 0.25) is 0 Å². The van der Waals surface area contributed by atoms with Gasteiger partial charge in [0, 0.05) is 30.0 Å². The van der Waals surface area contributed by atoms with E-state index in [2.05, 4.69) is 49.9 Å². The molecule has 17 heavy (non-hydrogen) atoms. The van der Waals surface area contributed by atoms with Gasteiger partial charge in [0.25, 0.3) is 0 Å². The van der Waals surface area contributed by atoms with Gasteiger partial charge in [0.15, 0.2) is 0 Å². The first kappa shape index (κ1) is 13.5. The molecule has 0 amide bonds. The third kappa shape index (κ3) is 3.09. The summed E-state index contributed by atoms with van der Waals surface area (Å²) in [5, 5.41) is 4.16. The van der Waals surface area contributed by atoms with Crippen LogP contribution in [0.3, 0.4) is 0 Å². The second kappa shape index (κ2) is 6.29. The molecule has 1 saturated heterocycles. The first-order chi connectivity index (χ1) is 8.26. The fraction of sp³-hybridized carbons (Fsp3) is 0.636. The Morgan fingerprint density at radius 2 is 2.24 bits per heavy atom. The van der Waals surface area contributed by atoms with E-state index in [-0.39, 0.29) is 0 Å². The van der Waals surface area contributed by atoms with E-state index in [1.165, 1.54) is 17.9 Å². The molecule has 2 atom stereocenters. The second-order valence-corrected chi connectivity index (χ2v) is 7.23. The molecule has 0 spiro atoms. The molecule has 6 heteroatoms. The van der Waals surface area contributed by atoms with E-state index in [1.807, 2.05) is 25.0 Å². The maximum Gasteiger partial charge on any atom is 0.144 e.